The second kappa shape index (κ2) is 4.45. The molecule has 2 unspecified atom stereocenters. The fourth-order valence-electron chi connectivity index (χ4n) is 1.57. The minimum Gasteiger partial charge on any atom is -0.441 e. The van der Waals surface area contributed by atoms with Crippen LogP contribution in [0.4, 0.5) is 0 Å². The molecular weight excluding hydrogens is 226 g/mol. The maximum absolute atomic E-state index is 9.80. The molecule has 0 radical (unpaired) electrons. The van der Waals surface area contributed by atoms with Crippen molar-refractivity contribution < 1.29 is 14.6 Å². The Balaban J connectivity index is 2.38. The van der Waals surface area contributed by atoms with Crippen LogP contribution in [0.1, 0.15) is 17.6 Å². The zero-order valence-electron chi connectivity index (χ0n) is 8.79. The Morgan fingerprint density at radius 3 is 2.88 bits per heavy atom. The number of nitrogens with zero attached hydrogens (tertiary/aromatic N) is 1. The van der Waals surface area contributed by atoms with Gasteiger partial charge in [-0.25, -0.2) is 4.98 Å². The zero-order chi connectivity index (χ0) is 11.7. The van der Waals surface area contributed by atoms with E-state index in [-0.39, 0.29) is 5.75 Å². The smallest absolute Gasteiger partial charge is 0.192 e. The van der Waals surface area contributed by atoms with Crippen molar-refractivity contribution in [2.45, 2.75) is 19.1 Å². The van der Waals surface area contributed by atoms with E-state index in [4.69, 9.17) is 4.42 Å². The zero-order valence-corrected chi connectivity index (χ0v) is 9.69. The van der Waals surface area contributed by atoms with Gasteiger partial charge < -0.3 is 14.6 Å². The van der Waals surface area contributed by atoms with Crippen LogP contribution in [0.2, 0.25) is 0 Å². The van der Waals surface area contributed by atoms with Crippen LogP contribution in [0.3, 0.4) is 0 Å². The van der Waals surface area contributed by atoms with Gasteiger partial charge in [0, 0.05) is 12.7 Å². The molecule has 2 aromatic rings. The van der Waals surface area contributed by atoms with E-state index in [1.165, 1.54) is 0 Å². The molecule has 0 amide bonds. The highest BCUT2D eigenvalue weighted by atomic mass is 32.1. The van der Waals surface area contributed by atoms with E-state index in [9.17, 15) is 10.2 Å². The van der Waals surface area contributed by atoms with Gasteiger partial charge in [0.25, 0.3) is 0 Å². The van der Waals surface area contributed by atoms with E-state index < -0.39 is 12.2 Å². The van der Waals surface area contributed by atoms with E-state index in [0.717, 1.165) is 0 Å². The first-order valence-corrected chi connectivity index (χ1v) is 5.59. The molecule has 1 aromatic heterocycles. The Labute approximate surface area is 98.3 Å². The number of hydrogen-bond acceptors (Lipinski definition) is 5. The SMILES string of the molecule is Cc1nc2cc(C(O)C(O)CS)ccc2o1. The van der Waals surface area contributed by atoms with E-state index in [2.05, 4.69) is 17.6 Å². The molecule has 5 heteroatoms. The van der Waals surface area contributed by atoms with Crippen molar-refractivity contribution in [1.29, 1.82) is 0 Å². The molecule has 0 aliphatic heterocycles. The standard InChI is InChI=1S/C11H13NO3S/c1-6-12-8-4-7(2-3-10(8)15-6)11(14)9(13)5-16/h2-4,9,11,13-14,16H,5H2,1H3. The van der Waals surface area contributed by atoms with Gasteiger partial charge in [0.15, 0.2) is 11.5 Å². The predicted octanol–water partition coefficient (Wildman–Crippen LogP) is 1.46. The number of thiol groups is 1. The number of rotatable bonds is 3. The van der Waals surface area contributed by atoms with Crippen LogP contribution in [0.5, 0.6) is 0 Å². The second-order valence-electron chi connectivity index (χ2n) is 3.65. The number of aliphatic hydroxyl groups excluding tert-OH is 2. The first-order chi connectivity index (χ1) is 7.61. The molecule has 2 rings (SSSR count). The maximum Gasteiger partial charge on any atom is 0.192 e. The Bertz CT molecular complexity index is 497. The average Bonchev–Trinajstić information content (AvgIpc) is 2.65. The van der Waals surface area contributed by atoms with E-state index in [1.54, 1.807) is 25.1 Å². The van der Waals surface area contributed by atoms with Crippen LogP contribution in [0.25, 0.3) is 11.1 Å². The van der Waals surface area contributed by atoms with E-state index in [0.29, 0.717) is 22.6 Å². The highest BCUT2D eigenvalue weighted by molar-refractivity contribution is 7.80. The van der Waals surface area contributed by atoms with Gasteiger partial charge in [0.05, 0.1) is 6.10 Å². The summed E-state index contributed by atoms with van der Waals surface area (Å²) in [6.07, 6.45) is -1.83. The van der Waals surface area contributed by atoms with Crippen molar-refractivity contribution in [3.05, 3.63) is 29.7 Å². The third-order valence-corrected chi connectivity index (χ3v) is 2.79. The Hall–Kier alpha value is -1.04. The number of hydrogen-bond donors (Lipinski definition) is 3. The van der Waals surface area contributed by atoms with Gasteiger partial charge in [-0.05, 0) is 17.7 Å². The number of benzene rings is 1. The summed E-state index contributed by atoms with van der Waals surface area (Å²) in [4.78, 5) is 4.16. The molecule has 1 heterocycles. The molecule has 0 saturated heterocycles. The fraction of sp³-hybridized carbons (Fsp3) is 0.364. The van der Waals surface area contributed by atoms with E-state index >= 15 is 0 Å². The van der Waals surface area contributed by atoms with Crippen molar-refractivity contribution in [2.24, 2.45) is 0 Å². The molecule has 2 atom stereocenters. The van der Waals surface area contributed by atoms with Crippen LogP contribution in [-0.2, 0) is 0 Å². The lowest BCUT2D eigenvalue weighted by Crippen LogP contribution is -2.19. The highest BCUT2D eigenvalue weighted by Crippen LogP contribution is 2.23. The van der Waals surface area contributed by atoms with Gasteiger partial charge in [-0.3, -0.25) is 0 Å². The molecule has 0 fully saturated rings. The van der Waals surface area contributed by atoms with Crippen LogP contribution in [0, 0.1) is 6.92 Å². The summed E-state index contributed by atoms with van der Waals surface area (Å²) >= 11 is 3.94. The average molecular weight is 239 g/mol. The highest BCUT2D eigenvalue weighted by Gasteiger charge is 2.17. The molecule has 0 spiro atoms. The van der Waals surface area contributed by atoms with Gasteiger partial charge in [0.1, 0.15) is 11.6 Å². The van der Waals surface area contributed by atoms with Crippen molar-refractivity contribution in [1.82, 2.24) is 4.98 Å². The van der Waals surface area contributed by atoms with Gasteiger partial charge >= 0.3 is 0 Å². The topological polar surface area (TPSA) is 66.5 Å². The molecule has 0 saturated carbocycles. The summed E-state index contributed by atoms with van der Waals surface area (Å²) in [5, 5.41) is 19.3. The van der Waals surface area contributed by atoms with Crippen LogP contribution >= 0.6 is 12.6 Å². The molecule has 0 aliphatic rings. The van der Waals surface area contributed by atoms with Crippen molar-refractivity contribution in [2.75, 3.05) is 5.75 Å². The minimum absolute atomic E-state index is 0.205. The second-order valence-corrected chi connectivity index (χ2v) is 4.02. The predicted molar refractivity (Wildman–Crippen MR) is 63.6 cm³/mol. The Morgan fingerprint density at radius 2 is 2.19 bits per heavy atom. The number of aryl methyl sites for hydroxylation is 1. The van der Waals surface area contributed by atoms with Gasteiger partial charge in [-0.1, -0.05) is 6.07 Å². The summed E-state index contributed by atoms with van der Waals surface area (Å²) in [6.45, 7) is 1.76. The monoisotopic (exact) mass is 239 g/mol. The lowest BCUT2D eigenvalue weighted by atomic mass is 10.1. The number of aromatic nitrogens is 1. The van der Waals surface area contributed by atoms with Crippen molar-refractivity contribution >= 4 is 23.7 Å². The maximum atomic E-state index is 9.80. The number of aliphatic hydroxyl groups is 2. The van der Waals surface area contributed by atoms with Crippen LogP contribution in [-0.4, -0.2) is 27.1 Å². The van der Waals surface area contributed by atoms with Crippen molar-refractivity contribution in [3.8, 4) is 0 Å². The fourth-order valence-corrected chi connectivity index (χ4v) is 1.77. The molecule has 4 nitrogen and oxygen atoms in total. The molecule has 0 aliphatic carbocycles. The quantitative estimate of drug-likeness (QED) is 0.709. The lowest BCUT2D eigenvalue weighted by Gasteiger charge is -2.15. The third kappa shape index (κ3) is 2.07. The summed E-state index contributed by atoms with van der Waals surface area (Å²) < 4.78 is 5.32. The summed E-state index contributed by atoms with van der Waals surface area (Å²) in [5.74, 6) is 0.785. The Morgan fingerprint density at radius 1 is 1.44 bits per heavy atom. The summed E-state index contributed by atoms with van der Waals surface area (Å²) in [7, 11) is 0. The molecule has 86 valence electrons. The normalized spacial score (nSPS) is 15.2. The van der Waals surface area contributed by atoms with E-state index in [1.807, 2.05) is 0 Å². The van der Waals surface area contributed by atoms with Crippen LogP contribution < -0.4 is 0 Å². The minimum atomic E-state index is -0.945. The number of oxazole rings is 1. The molecule has 1 aromatic carbocycles. The molecule has 16 heavy (non-hydrogen) atoms. The third-order valence-electron chi connectivity index (χ3n) is 2.41. The first-order valence-electron chi connectivity index (χ1n) is 4.96. The summed E-state index contributed by atoms with van der Waals surface area (Å²) in [6, 6.07) is 5.16. The molecule has 2 N–H and O–H groups in total. The van der Waals surface area contributed by atoms with Gasteiger partial charge in [-0.2, -0.15) is 12.6 Å². The number of fused-ring (bicyclic) bond motifs is 1. The van der Waals surface area contributed by atoms with Crippen LogP contribution in [0.15, 0.2) is 22.6 Å². The van der Waals surface area contributed by atoms with Crippen molar-refractivity contribution in [3.63, 3.8) is 0 Å². The Kier molecular flexibility index (Phi) is 3.18. The molecular formula is C11H13NO3S. The first kappa shape index (κ1) is 11.4. The van der Waals surface area contributed by atoms with Gasteiger partial charge in [-0.15, -0.1) is 0 Å². The lowest BCUT2D eigenvalue weighted by molar-refractivity contribution is 0.0338. The summed E-state index contributed by atoms with van der Waals surface area (Å²) in [5.41, 5.74) is 1.97. The van der Waals surface area contributed by atoms with Gasteiger partial charge in [0.2, 0.25) is 0 Å². The molecule has 0 bridgehead atoms. The largest absolute Gasteiger partial charge is 0.441 e.